The minimum Gasteiger partial charge on any atom is -0.756 e. The molecule has 0 spiro atoms. The van der Waals surface area contributed by atoms with Gasteiger partial charge in [-0.3, -0.25) is 13.7 Å². The standard InChI is InChI=1S/C9H15N3O9P2.2H3N/c10-7-3-4-12(9(13)11-7)8-2-1-6(20-8)5-19-23(17,18)21-22(14,15)16;;/h3-4,6,8H,1-2,5H2,(H,17,18)(H2,10,11,13)(H2,14,15,16);2*1H3/t6-,8+;;/m0../s1. The number of nitrogens with zero attached hydrogens (tertiary/aromatic N) is 2. The van der Waals surface area contributed by atoms with Crippen LogP contribution in [0.15, 0.2) is 17.1 Å². The SMILES string of the molecule is Nc1ccn([C@H]2CC[C@@H](COP(=O)([O-])OP(=O)([O-])O)O2)c(=O)n1.[NH4+].[NH4+]. The number of rotatable bonds is 6. The number of anilines is 1. The molecule has 1 saturated heterocycles. The van der Waals surface area contributed by atoms with Gasteiger partial charge in [0, 0.05) is 6.20 Å². The van der Waals surface area contributed by atoms with Gasteiger partial charge in [-0.1, -0.05) is 0 Å². The maximum absolute atomic E-state index is 11.7. The summed E-state index contributed by atoms with van der Waals surface area (Å²) >= 11 is 0. The van der Waals surface area contributed by atoms with Crippen LogP contribution in [0.25, 0.3) is 0 Å². The quantitative estimate of drug-likeness (QED) is 0.426. The van der Waals surface area contributed by atoms with Crippen LogP contribution in [0.4, 0.5) is 5.82 Å². The highest BCUT2D eigenvalue weighted by Gasteiger charge is 2.29. The lowest BCUT2D eigenvalue weighted by Crippen LogP contribution is -2.28. The third kappa shape index (κ3) is 7.30. The largest absolute Gasteiger partial charge is 0.756 e. The van der Waals surface area contributed by atoms with Crippen LogP contribution in [0, 0.1) is 0 Å². The molecule has 0 saturated carbocycles. The highest BCUT2D eigenvalue weighted by Crippen LogP contribution is 2.52. The molecule has 0 aliphatic carbocycles. The van der Waals surface area contributed by atoms with E-state index in [4.69, 9.17) is 15.4 Å². The maximum Gasteiger partial charge on any atom is 0.351 e. The zero-order chi connectivity index (χ0) is 17.3. The molecule has 1 aromatic heterocycles. The minimum atomic E-state index is -5.48. The Morgan fingerprint density at radius 1 is 1.40 bits per heavy atom. The van der Waals surface area contributed by atoms with Gasteiger partial charge in [0.1, 0.15) is 12.0 Å². The Labute approximate surface area is 141 Å². The number of ether oxygens (including phenoxy) is 1. The van der Waals surface area contributed by atoms with E-state index < -0.39 is 40.3 Å². The Morgan fingerprint density at radius 2 is 2.04 bits per heavy atom. The lowest BCUT2D eigenvalue weighted by molar-refractivity contribution is -0.242. The van der Waals surface area contributed by atoms with Gasteiger partial charge in [-0.25, -0.2) is 9.11 Å². The van der Waals surface area contributed by atoms with Crippen LogP contribution in [0.5, 0.6) is 0 Å². The number of phosphoric ester groups is 1. The molecule has 14 nitrogen and oxygen atoms in total. The summed E-state index contributed by atoms with van der Waals surface area (Å²) in [5.74, 6) is 0.0552. The van der Waals surface area contributed by atoms with Crippen molar-refractivity contribution >= 4 is 21.5 Å². The zero-order valence-electron chi connectivity index (χ0n) is 13.5. The predicted molar refractivity (Wildman–Crippen MR) is 82.5 cm³/mol. The van der Waals surface area contributed by atoms with Gasteiger partial charge < -0.3 is 42.0 Å². The summed E-state index contributed by atoms with van der Waals surface area (Å²) in [7, 11) is -10.7. The molecule has 146 valence electrons. The molecule has 2 unspecified atom stereocenters. The monoisotopic (exact) mass is 405 g/mol. The third-order valence-corrected chi connectivity index (χ3v) is 4.96. The van der Waals surface area contributed by atoms with E-state index in [-0.39, 0.29) is 18.1 Å². The van der Waals surface area contributed by atoms with Gasteiger partial charge >= 0.3 is 5.69 Å². The molecule has 0 bridgehead atoms. The number of nitrogens with two attached hydrogens (primary N) is 1. The van der Waals surface area contributed by atoms with Gasteiger partial charge in [0.2, 0.25) is 0 Å². The van der Waals surface area contributed by atoms with Crippen molar-refractivity contribution < 1.29 is 37.4 Å². The second-order valence-corrected chi connectivity index (χ2v) is 7.37. The summed E-state index contributed by atoms with van der Waals surface area (Å²) in [5, 5.41) is 0. The average molecular weight is 405 g/mol. The van der Waals surface area contributed by atoms with Crippen LogP contribution < -0.4 is 33.5 Å². The maximum atomic E-state index is 11.7. The van der Waals surface area contributed by atoms with Crippen molar-refractivity contribution in [2.75, 3.05) is 12.3 Å². The van der Waals surface area contributed by atoms with Gasteiger partial charge in [-0.05, 0) is 18.9 Å². The summed E-state index contributed by atoms with van der Waals surface area (Å²) in [4.78, 5) is 45.1. The van der Waals surface area contributed by atoms with E-state index in [1.807, 2.05) is 0 Å². The molecule has 4 atom stereocenters. The molecule has 2 rings (SSSR count). The van der Waals surface area contributed by atoms with Crippen LogP contribution in [0.1, 0.15) is 19.1 Å². The minimum absolute atomic E-state index is 0. The van der Waals surface area contributed by atoms with Crippen molar-refractivity contribution in [2.45, 2.75) is 25.2 Å². The van der Waals surface area contributed by atoms with Crippen molar-refractivity contribution in [2.24, 2.45) is 0 Å². The number of hydrogen-bond donors (Lipinski definition) is 4. The zero-order valence-corrected chi connectivity index (χ0v) is 15.3. The van der Waals surface area contributed by atoms with Gasteiger partial charge in [-0.15, -0.1) is 0 Å². The fourth-order valence-electron chi connectivity index (χ4n) is 1.98. The van der Waals surface area contributed by atoms with Crippen LogP contribution in [-0.4, -0.2) is 27.2 Å². The summed E-state index contributed by atoms with van der Waals surface area (Å²) in [5.41, 5.74) is 4.74. The summed E-state index contributed by atoms with van der Waals surface area (Å²) in [6.45, 7) is -0.533. The molecule has 1 aliphatic heterocycles. The van der Waals surface area contributed by atoms with Gasteiger partial charge in [0.15, 0.2) is 0 Å². The Kier molecular flexibility index (Phi) is 8.54. The number of quaternary nitrogens is 2. The van der Waals surface area contributed by atoms with E-state index in [1.54, 1.807) is 0 Å². The Morgan fingerprint density at radius 3 is 2.60 bits per heavy atom. The second-order valence-electron chi connectivity index (χ2n) is 4.63. The fourth-order valence-corrected chi connectivity index (χ4v) is 3.53. The molecule has 1 aliphatic rings. The molecule has 2 heterocycles. The van der Waals surface area contributed by atoms with E-state index in [2.05, 4.69) is 13.8 Å². The van der Waals surface area contributed by atoms with Crippen molar-refractivity contribution in [3.63, 3.8) is 0 Å². The number of aromatic nitrogens is 2. The molecule has 16 heteroatoms. The van der Waals surface area contributed by atoms with E-state index in [9.17, 15) is 23.7 Å². The molecule has 0 amide bonds. The summed E-state index contributed by atoms with van der Waals surface area (Å²) < 4.78 is 35.9. The van der Waals surface area contributed by atoms with Gasteiger partial charge in [0.05, 0.1) is 12.7 Å². The lowest BCUT2D eigenvalue weighted by Gasteiger charge is -2.28. The summed E-state index contributed by atoms with van der Waals surface area (Å²) in [6.07, 6.45) is 0.707. The van der Waals surface area contributed by atoms with Gasteiger partial charge in [-0.2, -0.15) is 4.98 Å². The molecule has 1 fully saturated rings. The molecular weight excluding hydrogens is 384 g/mol. The van der Waals surface area contributed by atoms with E-state index in [0.29, 0.717) is 12.8 Å². The highest BCUT2D eigenvalue weighted by atomic mass is 31.3. The smallest absolute Gasteiger partial charge is 0.351 e. The number of hydrogen-bond acceptors (Lipinski definition) is 10. The van der Waals surface area contributed by atoms with Gasteiger partial charge in [0.25, 0.3) is 15.6 Å². The number of nitrogen functional groups attached to an aromatic ring is 1. The summed E-state index contributed by atoms with van der Waals surface area (Å²) in [6, 6.07) is 1.40. The first-order valence-electron chi connectivity index (χ1n) is 6.26. The molecule has 0 aromatic carbocycles. The third-order valence-electron chi connectivity index (χ3n) is 2.87. The first kappa shape index (κ1) is 23.8. The first-order chi connectivity index (χ1) is 10.6. The van der Waals surface area contributed by atoms with E-state index >= 15 is 0 Å². The van der Waals surface area contributed by atoms with E-state index in [0.717, 1.165) is 0 Å². The highest BCUT2D eigenvalue weighted by molar-refractivity contribution is 7.59. The van der Waals surface area contributed by atoms with Crippen LogP contribution in [-0.2, 0) is 22.7 Å². The average Bonchev–Trinajstić information content (AvgIpc) is 2.82. The van der Waals surface area contributed by atoms with Crippen molar-refractivity contribution in [3.05, 3.63) is 22.7 Å². The van der Waals surface area contributed by atoms with Crippen molar-refractivity contribution in [3.8, 4) is 0 Å². The van der Waals surface area contributed by atoms with E-state index in [1.165, 1.54) is 16.8 Å². The molecule has 25 heavy (non-hydrogen) atoms. The Bertz CT molecular complexity index is 722. The van der Waals surface area contributed by atoms with Crippen molar-refractivity contribution in [1.29, 1.82) is 0 Å². The normalized spacial score (nSPS) is 24.4. The lowest BCUT2D eigenvalue weighted by atomic mass is 10.2. The molecule has 0 radical (unpaired) electrons. The van der Waals surface area contributed by atoms with Crippen LogP contribution in [0.3, 0.4) is 0 Å². The van der Waals surface area contributed by atoms with Crippen LogP contribution in [0.2, 0.25) is 0 Å². The topological polar surface area (TPSA) is 262 Å². The van der Waals surface area contributed by atoms with Crippen molar-refractivity contribution in [1.82, 2.24) is 21.9 Å². The molecule has 11 N–H and O–H groups in total. The molecular formula is C9H21N5O9P2. The Balaban J connectivity index is 0.00000288. The Hall–Kier alpha value is -1.18. The van der Waals surface area contributed by atoms with Crippen LogP contribution >= 0.6 is 15.6 Å². The fraction of sp³-hybridized carbons (Fsp3) is 0.556. The number of phosphoric acid groups is 2. The predicted octanol–water partition coefficient (Wildman–Crippen LogP) is -0.782. The first-order valence-corrected chi connectivity index (χ1v) is 9.22. The second kappa shape index (κ2) is 8.96. The molecule has 1 aromatic rings.